The van der Waals surface area contributed by atoms with Crippen molar-refractivity contribution in [2.75, 3.05) is 13.2 Å². The van der Waals surface area contributed by atoms with Gasteiger partial charge in [0.25, 0.3) is 0 Å². The van der Waals surface area contributed by atoms with Crippen LogP contribution in [0.2, 0.25) is 0 Å². The second-order valence-electron chi connectivity index (χ2n) is 2.92. The van der Waals surface area contributed by atoms with E-state index in [1.165, 1.54) is 0 Å². The summed E-state index contributed by atoms with van der Waals surface area (Å²) >= 11 is 0. The molecule has 0 aliphatic rings. The van der Waals surface area contributed by atoms with Gasteiger partial charge in [-0.05, 0) is 6.42 Å². The molecule has 3 atom stereocenters. The predicted octanol–water partition coefficient (Wildman–Crippen LogP) is -2.44. The molecule has 0 radical (unpaired) electrons. The van der Waals surface area contributed by atoms with Gasteiger partial charge in [-0.25, -0.2) is 4.57 Å². The maximum atomic E-state index is 10.2. The fourth-order valence-corrected chi connectivity index (χ4v) is 1.18. The van der Waals surface area contributed by atoms with E-state index in [0.29, 0.717) is 0 Å². The van der Waals surface area contributed by atoms with Crippen molar-refractivity contribution in [1.29, 1.82) is 0 Å². The molecule has 0 bridgehead atoms. The Bertz CT molecular complexity index is 215. The molecule has 0 saturated carbocycles. The van der Waals surface area contributed by atoms with Crippen molar-refractivity contribution in [3.8, 4) is 0 Å². The molecule has 0 amide bonds. The molecule has 0 aliphatic carbocycles. The van der Waals surface area contributed by atoms with E-state index in [9.17, 15) is 9.67 Å². The van der Waals surface area contributed by atoms with E-state index < -0.39 is 32.7 Å². The quantitative estimate of drug-likeness (QED) is 0.271. The highest BCUT2D eigenvalue weighted by Gasteiger charge is 2.27. The van der Waals surface area contributed by atoms with Gasteiger partial charge < -0.3 is 30.2 Å². The largest absolute Gasteiger partial charge is 0.469 e. The number of phosphoric acid groups is 1. The van der Waals surface area contributed by atoms with Crippen molar-refractivity contribution in [1.82, 2.24) is 0 Å². The van der Waals surface area contributed by atoms with E-state index in [2.05, 4.69) is 4.52 Å². The van der Waals surface area contributed by atoms with Crippen LogP contribution in [-0.4, -0.2) is 61.7 Å². The molecule has 8 nitrogen and oxygen atoms in total. The lowest BCUT2D eigenvalue weighted by molar-refractivity contribution is -0.0804. The normalized spacial score (nSPS) is 18.5. The molecule has 15 heavy (non-hydrogen) atoms. The minimum absolute atomic E-state index is 0.159. The summed E-state index contributed by atoms with van der Waals surface area (Å²) in [5.41, 5.74) is 0. The van der Waals surface area contributed by atoms with Crippen molar-refractivity contribution >= 4 is 7.82 Å². The lowest BCUT2D eigenvalue weighted by Gasteiger charge is -2.22. The smallest absolute Gasteiger partial charge is 0.396 e. The molecule has 0 spiro atoms. The molecule has 0 aromatic heterocycles. The van der Waals surface area contributed by atoms with Crippen molar-refractivity contribution in [3.63, 3.8) is 0 Å². The van der Waals surface area contributed by atoms with Gasteiger partial charge in [-0.15, -0.1) is 0 Å². The summed E-state index contributed by atoms with van der Waals surface area (Å²) in [5, 5.41) is 35.8. The van der Waals surface area contributed by atoms with Crippen LogP contribution in [0.4, 0.5) is 0 Å². The van der Waals surface area contributed by atoms with Crippen LogP contribution in [-0.2, 0) is 9.09 Å². The van der Waals surface area contributed by atoms with Gasteiger partial charge in [-0.1, -0.05) is 0 Å². The Morgan fingerprint density at radius 3 is 2.07 bits per heavy atom. The van der Waals surface area contributed by atoms with Crippen LogP contribution in [0.5, 0.6) is 0 Å². The van der Waals surface area contributed by atoms with E-state index in [1.54, 1.807) is 0 Å². The highest BCUT2D eigenvalue weighted by atomic mass is 31.2. The Kier molecular flexibility index (Phi) is 6.49. The number of rotatable bonds is 7. The highest BCUT2D eigenvalue weighted by molar-refractivity contribution is 7.46. The predicted molar refractivity (Wildman–Crippen MR) is 47.7 cm³/mol. The summed E-state index contributed by atoms with van der Waals surface area (Å²) in [6.45, 7) is -1.20. The number of aliphatic hydroxyl groups is 4. The second-order valence-corrected chi connectivity index (χ2v) is 4.16. The number of phosphoric ester groups is 1. The molecule has 0 aromatic carbocycles. The summed E-state index contributed by atoms with van der Waals surface area (Å²) in [7, 11) is -4.71. The molecular weight excluding hydrogens is 231 g/mol. The first-order valence-corrected chi connectivity index (χ1v) is 5.66. The summed E-state index contributed by atoms with van der Waals surface area (Å²) in [6, 6.07) is 0. The van der Waals surface area contributed by atoms with E-state index in [-0.39, 0.29) is 13.0 Å². The SMILES string of the molecule is O=P(O)(O)OCC(O)[C@@H](O)[C@H](O)CCO. The van der Waals surface area contributed by atoms with Gasteiger partial charge in [0.2, 0.25) is 0 Å². The maximum absolute atomic E-state index is 10.2. The number of hydrogen-bond acceptors (Lipinski definition) is 6. The van der Waals surface area contributed by atoms with E-state index >= 15 is 0 Å². The van der Waals surface area contributed by atoms with Crippen LogP contribution >= 0.6 is 7.82 Å². The molecule has 9 heteroatoms. The van der Waals surface area contributed by atoms with Crippen molar-refractivity contribution < 1.29 is 39.3 Å². The monoisotopic (exact) mass is 246 g/mol. The molecule has 0 fully saturated rings. The average molecular weight is 246 g/mol. The van der Waals surface area contributed by atoms with Gasteiger partial charge in [0.1, 0.15) is 12.2 Å². The Balaban J connectivity index is 3.98. The molecule has 1 unspecified atom stereocenters. The van der Waals surface area contributed by atoms with Crippen LogP contribution < -0.4 is 0 Å². The summed E-state index contributed by atoms with van der Waals surface area (Å²) in [5.74, 6) is 0. The Labute approximate surface area is 86.0 Å². The maximum Gasteiger partial charge on any atom is 0.469 e. The molecule has 92 valence electrons. The lowest BCUT2D eigenvalue weighted by Crippen LogP contribution is -2.40. The van der Waals surface area contributed by atoms with E-state index in [0.717, 1.165) is 0 Å². The van der Waals surface area contributed by atoms with Crippen LogP contribution in [0.15, 0.2) is 0 Å². The van der Waals surface area contributed by atoms with Crippen molar-refractivity contribution in [2.45, 2.75) is 24.7 Å². The topological polar surface area (TPSA) is 148 Å². The zero-order valence-electron chi connectivity index (χ0n) is 7.80. The summed E-state index contributed by atoms with van der Waals surface area (Å²) < 4.78 is 14.2. The molecule has 0 saturated heterocycles. The highest BCUT2D eigenvalue weighted by Crippen LogP contribution is 2.35. The van der Waals surface area contributed by atoms with Crippen LogP contribution in [0.3, 0.4) is 0 Å². The van der Waals surface area contributed by atoms with Gasteiger partial charge in [-0.3, -0.25) is 4.52 Å². The number of aliphatic hydroxyl groups excluding tert-OH is 4. The van der Waals surface area contributed by atoms with E-state index in [4.69, 9.17) is 25.1 Å². The Morgan fingerprint density at radius 2 is 1.67 bits per heavy atom. The van der Waals surface area contributed by atoms with Gasteiger partial charge in [0, 0.05) is 6.61 Å². The fourth-order valence-electron chi connectivity index (χ4n) is 0.832. The van der Waals surface area contributed by atoms with Crippen LogP contribution in [0.25, 0.3) is 0 Å². The lowest BCUT2D eigenvalue weighted by atomic mass is 10.1. The van der Waals surface area contributed by atoms with Gasteiger partial charge in [0.05, 0.1) is 12.7 Å². The third kappa shape index (κ3) is 6.93. The molecule has 0 aliphatic heterocycles. The molecule has 0 heterocycles. The second kappa shape index (κ2) is 6.51. The fraction of sp³-hybridized carbons (Fsp3) is 1.00. The minimum atomic E-state index is -4.71. The molecular formula is C6H15O8P. The summed E-state index contributed by atoms with van der Waals surface area (Å²) in [4.78, 5) is 16.6. The Hall–Kier alpha value is -0.0500. The van der Waals surface area contributed by atoms with Crippen LogP contribution in [0, 0.1) is 0 Å². The van der Waals surface area contributed by atoms with Gasteiger partial charge >= 0.3 is 7.82 Å². The van der Waals surface area contributed by atoms with Gasteiger partial charge in [0.15, 0.2) is 0 Å². The Morgan fingerprint density at radius 1 is 1.13 bits per heavy atom. The van der Waals surface area contributed by atoms with Crippen molar-refractivity contribution in [3.05, 3.63) is 0 Å². The summed E-state index contributed by atoms with van der Waals surface area (Å²) in [6.07, 6.45) is -4.82. The third-order valence-corrected chi connectivity index (χ3v) is 2.11. The number of hydrogen-bond donors (Lipinski definition) is 6. The van der Waals surface area contributed by atoms with Gasteiger partial charge in [-0.2, -0.15) is 0 Å². The first kappa shape index (κ1) is 14.9. The third-order valence-electron chi connectivity index (χ3n) is 1.63. The zero-order valence-corrected chi connectivity index (χ0v) is 8.69. The standard InChI is InChI=1S/C6H15O8P/c7-2-1-4(8)6(10)5(9)3-14-15(11,12)13/h4-10H,1-3H2,(H2,11,12,13)/t4-,5?,6+/m1/s1. The molecule has 6 N–H and O–H groups in total. The molecule has 0 rings (SSSR count). The van der Waals surface area contributed by atoms with Crippen LogP contribution in [0.1, 0.15) is 6.42 Å². The first-order chi connectivity index (χ1) is 6.78. The first-order valence-electron chi connectivity index (χ1n) is 4.13. The van der Waals surface area contributed by atoms with E-state index in [1.807, 2.05) is 0 Å². The zero-order chi connectivity index (χ0) is 12.1. The minimum Gasteiger partial charge on any atom is -0.396 e. The van der Waals surface area contributed by atoms with Crippen molar-refractivity contribution in [2.24, 2.45) is 0 Å². The average Bonchev–Trinajstić information content (AvgIpc) is 2.12. The molecule has 0 aromatic rings.